The zero-order chi connectivity index (χ0) is 29.3. The van der Waals surface area contributed by atoms with Crippen molar-refractivity contribution in [3.8, 4) is 45.3 Å². The summed E-state index contributed by atoms with van der Waals surface area (Å²) >= 11 is 0. The van der Waals surface area contributed by atoms with Crippen molar-refractivity contribution in [3.05, 3.63) is 127 Å². The molecule has 0 aliphatic heterocycles. The summed E-state index contributed by atoms with van der Waals surface area (Å²) in [6, 6.07) is 37.3. The van der Waals surface area contributed by atoms with E-state index < -0.39 is 21.1 Å². The summed E-state index contributed by atoms with van der Waals surface area (Å²) < 4.78 is 61.6. The van der Waals surface area contributed by atoms with Crippen molar-refractivity contribution in [2.45, 2.75) is 11.3 Å². The quantitative estimate of drug-likeness (QED) is 0.199. The van der Waals surface area contributed by atoms with E-state index in [-0.39, 0.29) is 5.56 Å². The van der Waals surface area contributed by atoms with Gasteiger partial charge >= 0.3 is 5.51 Å². The SMILES string of the molecule is O=S(=O)(Cc1ccc2cc(-c3ccc(-c4nc(-c5ccccc5)nc(-c5ccccc5)n4)cc3)ccc2c1)C(F)(F)F. The molecule has 0 N–H and O–H groups in total. The van der Waals surface area contributed by atoms with Gasteiger partial charge in [0, 0.05) is 16.7 Å². The molecule has 0 amide bonds. The second-order valence-corrected chi connectivity index (χ2v) is 11.7. The van der Waals surface area contributed by atoms with Gasteiger partial charge in [-0.15, -0.1) is 0 Å². The van der Waals surface area contributed by atoms with Crippen LogP contribution in [0.25, 0.3) is 56.1 Å². The van der Waals surface area contributed by atoms with Gasteiger partial charge in [0.15, 0.2) is 17.5 Å². The average Bonchev–Trinajstić information content (AvgIpc) is 3.01. The molecular weight excluding hydrogens is 559 g/mol. The Morgan fingerprint density at radius 1 is 0.500 bits per heavy atom. The van der Waals surface area contributed by atoms with Crippen molar-refractivity contribution in [3.63, 3.8) is 0 Å². The van der Waals surface area contributed by atoms with Gasteiger partial charge < -0.3 is 0 Å². The van der Waals surface area contributed by atoms with Gasteiger partial charge in [0.2, 0.25) is 0 Å². The Hall–Kier alpha value is -4.89. The molecule has 208 valence electrons. The van der Waals surface area contributed by atoms with Gasteiger partial charge in [-0.3, -0.25) is 0 Å². The van der Waals surface area contributed by atoms with Crippen LogP contribution < -0.4 is 0 Å². The first kappa shape index (κ1) is 27.3. The largest absolute Gasteiger partial charge is 0.497 e. The molecule has 0 radical (unpaired) electrons. The van der Waals surface area contributed by atoms with Crippen LogP contribution in [-0.4, -0.2) is 28.9 Å². The number of hydrogen-bond acceptors (Lipinski definition) is 5. The van der Waals surface area contributed by atoms with E-state index in [0.29, 0.717) is 22.9 Å². The number of benzene rings is 5. The van der Waals surface area contributed by atoms with Gasteiger partial charge in [-0.1, -0.05) is 115 Å². The molecule has 1 aromatic heterocycles. The maximum atomic E-state index is 12.8. The first-order chi connectivity index (χ1) is 20.2. The van der Waals surface area contributed by atoms with Crippen LogP contribution in [0.2, 0.25) is 0 Å². The van der Waals surface area contributed by atoms with Crippen molar-refractivity contribution < 1.29 is 21.6 Å². The van der Waals surface area contributed by atoms with Crippen LogP contribution in [0.5, 0.6) is 0 Å². The topological polar surface area (TPSA) is 72.8 Å². The highest BCUT2D eigenvalue weighted by Crippen LogP contribution is 2.31. The summed E-state index contributed by atoms with van der Waals surface area (Å²) in [6.45, 7) is 0. The van der Waals surface area contributed by atoms with Crippen molar-refractivity contribution in [2.24, 2.45) is 0 Å². The molecule has 0 aliphatic carbocycles. The van der Waals surface area contributed by atoms with E-state index in [0.717, 1.165) is 33.2 Å². The summed E-state index contributed by atoms with van der Waals surface area (Å²) in [6.07, 6.45) is 0. The van der Waals surface area contributed by atoms with Crippen LogP contribution in [0.15, 0.2) is 121 Å². The third-order valence-electron chi connectivity index (χ3n) is 6.79. The second kappa shape index (κ2) is 10.8. The van der Waals surface area contributed by atoms with Crippen LogP contribution in [-0.2, 0) is 15.6 Å². The number of nitrogens with zero attached hydrogens (tertiary/aromatic N) is 3. The summed E-state index contributed by atoms with van der Waals surface area (Å²) in [7, 11) is -5.25. The normalized spacial score (nSPS) is 12.0. The fourth-order valence-electron chi connectivity index (χ4n) is 4.62. The average molecular weight is 582 g/mol. The lowest BCUT2D eigenvalue weighted by atomic mass is 9.99. The standard InChI is InChI=1S/C33H22F3N3O2S/c34-33(35,36)42(40,41)21-22-11-12-29-20-28(18-17-27(29)19-22)23-13-15-26(16-14-23)32-38-30(24-7-3-1-4-8-24)37-31(39-32)25-9-5-2-6-10-25/h1-20H,21H2. The molecule has 0 bridgehead atoms. The molecule has 0 saturated heterocycles. The summed E-state index contributed by atoms with van der Waals surface area (Å²) in [5.41, 5.74) is -0.812. The first-order valence-corrected chi connectivity index (χ1v) is 14.6. The molecule has 6 aromatic rings. The molecule has 1 heterocycles. The maximum absolute atomic E-state index is 12.8. The number of fused-ring (bicyclic) bond motifs is 1. The van der Waals surface area contributed by atoms with E-state index in [4.69, 9.17) is 15.0 Å². The van der Waals surface area contributed by atoms with Crippen LogP contribution in [0, 0.1) is 0 Å². The van der Waals surface area contributed by atoms with E-state index in [1.807, 2.05) is 97.1 Å². The Morgan fingerprint density at radius 2 is 0.929 bits per heavy atom. The molecule has 5 nitrogen and oxygen atoms in total. The van der Waals surface area contributed by atoms with Gasteiger partial charge in [-0.2, -0.15) is 13.2 Å². The second-order valence-electron chi connectivity index (χ2n) is 9.72. The van der Waals surface area contributed by atoms with Gasteiger partial charge in [0.05, 0.1) is 5.75 Å². The molecule has 5 aromatic carbocycles. The Bertz CT molecular complexity index is 1940. The minimum atomic E-state index is -5.29. The Morgan fingerprint density at radius 3 is 1.45 bits per heavy atom. The van der Waals surface area contributed by atoms with E-state index in [2.05, 4.69) is 0 Å². The number of rotatable bonds is 6. The van der Waals surface area contributed by atoms with Crippen molar-refractivity contribution in [1.29, 1.82) is 0 Å². The summed E-state index contributed by atoms with van der Waals surface area (Å²) in [4.78, 5) is 14.2. The predicted molar refractivity (Wildman–Crippen MR) is 158 cm³/mol. The zero-order valence-corrected chi connectivity index (χ0v) is 22.8. The Labute approximate surface area is 240 Å². The molecule has 0 saturated carbocycles. The molecule has 6 rings (SSSR count). The molecule has 9 heteroatoms. The van der Waals surface area contributed by atoms with E-state index in [1.54, 1.807) is 12.1 Å². The Kier molecular flexibility index (Phi) is 7.04. The molecule has 42 heavy (non-hydrogen) atoms. The number of sulfone groups is 1. The first-order valence-electron chi connectivity index (χ1n) is 13.0. The van der Waals surface area contributed by atoms with Crippen LogP contribution >= 0.6 is 0 Å². The number of aromatic nitrogens is 3. The van der Waals surface area contributed by atoms with Crippen molar-refractivity contribution in [2.75, 3.05) is 0 Å². The minimum Gasteiger partial charge on any atom is -0.219 e. The minimum absolute atomic E-state index is 0.0824. The van der Waals surface area contributed by atoms with Gasteiger partial charge in [0.1, 0.15) is 0 Å². The zero-order valence-electron chi connectivity index (χ0n) is 22.0. The molecule has 0 atom stereocenters. The number of halogens is 3. The lowest BCUT2D eigenvalue weighted by Gasteiger charge is -2.10. The highest BCUT2D eigenvalue weighted by Gasteiger charge is 2.45. The fourth-order valence-corrected chi connectivity index (χ4v) is 5.40. The smallest absolute Gasteiger partial charge is 0.219 e. The molecular formula is C33H22F3N3O2S. The third-order valence-corrected chi connectivity index (χ3v) is 8.21. The number of hydrogen-bond donors (Lipinski definition) is 0. The summed E-state index contributed by atoms with van der Waals surface area (Å²) in [5, 5.41) is 1.43. The molecule has 0 aliphatic rings. The molecule has 0 spiro atoms. The van der Waals surface area contributed by atoms with Crippen LogP contribution in [0.4, 0.5) is 13.2 Å². The highest BCUT2D eigenvalue weighted by atomic mass is 32.2. The lowest BCUT2D eigenvalue weighted by Crippen LogP contribution is -2.24. The van der Waals surface area contributed by atoms with Gasteiger partial charge in [-0.05, 0) is 33.5 Å². The van der Waals surface area contributed by atoms with E-state index in [9.17, 15) is 21.6 Å². The lowest BCUT2D eigenvalue weighted by molar-refractivity contribution is -0.0437. The monoisotopic (exact) mass is 581 g/mol. The van der Waals surface area contributed by atoms with E-state index in [1.165, 1.54) is 12.1 Å². The predicted octanol–water partition coefficient (Wildman–Crippen LogP) is 8.13. The van der Waals surface area contributed by atoms with Crippen LogP contribution in [0.3, 0.4) is 0 Å². The molecule has 0 unspecified atom stereocenters. The third kappa shape index (κ3) is 5.64. The summed E-state index contributed by atoms with van der Waals surface area (Å²) in [5.74, 6) is 0.583. The van der Waals surface area contributed by atoms with Crippen LogP contribution in [0.1, 0.15) is 5.56 Å². The highest BCUT2D eigenvalue weighted by molar-refractivity contribution is 7.91. The molecule has 0 fully saturated rings. The van der Waals surface area contributed by atoms with E-state index >= 15 is 0 Å². The van der Waals surface area contributed by atoms with Crippen molar-refractivity contribution in [1.82, 2.24) is 15.0 Å². The van der Waals surface area contributed by atoms with Gasteiger partial charge in [-0.25, -0.2) is 23.4 Å². The Balaban J connectivity index is 1.31. The number of alkyl halides is 3. The van der Waals surface area contributed by atoms with Gasteiger partial charge in [0.25, 0.3) is 9.84 Å². The van der Waals surface area contributed by atoms with Crippen molar-refractivity contribution >= 4 is 20.6 Å². The maximum Gasteiger partial charge on any atom is 0.497 e. The fraction of sp³-hybridized carbons (Fsp3) is 0.0606.